The lowest BCUT2D eigenvalue weighted by Gasteiger charge is -2.04. The number of aromatic carboxylic acids is 1. The van der Waals surface area contributed by atoms with Crippen LogP contribution in [0.1, 0.15) is 25.6 Å². The average molecular weight is 376 g/mol. The standard InChI is InChI=1S/C12H8BrClN2O3S/c1-5-2-8(20-9(5)12(18)19)16-11(17)7-3-6(13)4-15-10(7)14/h2-4H,1H3,(H,16,17)(H,18,19). The van der Waals surface area contributed by atoms with E-state index in [1.165, 1.54) is 6.20 Å². The van der Waals surface area contributed by atoms with Gasteiger partial charge in [0.25, 0.3) is 5.91 Å². The summed E-state index contributed by atoms with van der Waals surface area (Å²) in [4.78, 5) is 27.1. The molecular formula is C12H8BrClN2O3S. The summed E-state index contributed by atoms with van der Waals surface area (Å²) in [6, 6.07) is 3.15. The van der Waals surface area contributed by atoms with Crippen LogP contribution in [0.4, 0.5) is 5.00 Å². The highest BCUT2D eigenvalue weighted by molar-refractivity contribution is 9.10. The van der Waals surface area contributed by atoms with Crippen LogP contribution >= 0.6 is 38.9 Å². The van der Waals surface area contributed by atoms with Gasteiger partial charge in [-0.3, -0.25) is 4.79 Å². The molecule has 104 valence electrons. The number of nitrogens with zero attached hydrogens (tertiary/aromatic N) is 1. The molecule has 5 nitrogen and oxygen atoms in total. The van der Waals surface area contributed by atoms with Gasteiger partial charge in [0.15, 0.2) is 0 Å². The van der Waals surface area contributed by atoms with E-state index in [0.717, 1.165) is 11.3 Å². The van der Waals surface area contributed by atoms with Crippen molar-refractivity contribution in [2.24, 2.45) is 0 Å². The third-order valence-corrected chi connectivity index (χ3v) is 4.27. The number of amides is 1. The Hall–Kier alpha value is -1.44. The van der Waals surface area contributed by atoms with Gasteiger partial charge in [0.1, 0.15) is 10.0 Å². The number of pyridine rings is 1. The maximum Gasteiger partial charge on any atom is 0.346 e. The van der Waals surface area contributed by atoms with Gasteiger partial charge in [0, 0.05) is 10.7 Å². The highest BCUT2D eigenvalue weighted by atomic mass is 79.9. The van der Waals surface area contributed by atoms with Gasteiger partial charge in [0.2, 0.25) is 0 Å². The van der Waals surface area contributed by atoms with E-state index in [2.05, 4.69) is 26.2 Å². The summed E-state index contributed by atoms with van der Waals surface area (Å²) in [6.45, 7) is 1.67. The van der Waals surface area contributed by atoms with E-state index in [1.807, 2.05) is 0 Å². The minimum Gasteiger partial charge on any atom is -0.477 e. The number of aryl methyl sites for hydroxylation is 1. The molecule has 8 heteroatoms. The highest BCUT2D eigenvalue weighted by Gasteiger charge is 2.16. The second-order valence-corrected chi connectivity index (χ2v) is 6.20. The smallest absolute Gasteiger partial charge is 0.346 e. The Morgan fingerprint density at radius 3 is 2.75 bits per heavy atom. The fourth-order valence-corrected chi connectivity index (χ4v) is 2.94. The summed E-state index contributed by atoms with van der Waals surface area (Å²) in [7, 11) is 0. The Bertz CT molecular complexity index is 702. The molecule has 0 aliphatic rings. The van der Waals surface area contributed by atoms with E-state index >= 15 is 0 Å². The fourth-order valence-electron chi connectivity index (χ4n) is 1.52. The van der Waals surface area contributed by atoms with E-state index in [0.29, 0.717) is 15.0 Å². The van der Waals surface area contributed by atoms with Crippen LogP contribution in [0.2, 0.25) is 5.15 Å². The predicted molar refractivity (Wildman–Crippen MR) is 80.9 cm³/mol. The molecule has 2 aromatic heterocycles. The third-order valence-electron chi connectivity index (χ3n) is 2.40. The first-order chi connectivity index (χ1) is 9.38. The van der Waals surface area contributed by atoms with Crippen molar-refractivity contribution in [3.05, 3.63) is 44.0 Å². The maximum atomic E-state index is 12.1. The molecule has 0 atom stereocenters. The molecule has 2 rings (SSSR count). The predicted octanol–water partition coefficient (Wildman–Crippen LogP) is 3.82. The monoisotopic (exact) mass is 374 g/mol. The molecule has 1 amide bonds. The van der Waals surface area contributed by atoms with Gasteiger partial charge < -0.3 is 10.4 Å². The number of anilines is 1. The van der Waals surface area contributed by atoms with E-state index in [1.54, 1.807) is 19.1 Å². The number of halogens is 2. The van der Waals surface area contributed by atoms with Crippen LogP contribution < -0.4 is 5.32 Å². The molecule has 0 bridgehead atoms. The number of aromatic nitrogens is 1. The zero-order valence-corrected chi connectivity index (χ0v) is 13.3. The van der Waals surface area contributed by atoms with Gasteiger partial charge in [-0.2, -0.15) is 0 Å². The fraction of sp³-hybridized carbons (Fsp3) is 0.0833. The molecule has 20 heavy (non-hydrogen) atoms. The minimum atomic E-state index is -1.02. The van der Waals surface area contributed by atoms with Crippen LogP contribution in [0.15, 0.2) is 22.8 Å². The lowest BCUT2D eigenvalue weighted by atomic mass is 10.2. The summed E-state index contributed by atoms with van der Waals surface area (Å²) >= 11 is 10.1. The minimum absolute atomic E-state index is 0.0810. The lowest BCUT2D eigenvalue weighted by Crippen LogP contribution is -2.12. The molecule has 0 unspecified atom stereocenters. The van der Waals surface area contributed by atoms with Crippen LogP contribution in [-0.4, -0.2) is 22.0 Å². The SMILES string of the molecule is Cc1cc(NC(=O)c2cc(Br)cnc2Cl)sc1C(=O)O. The summed E-state index contributed by atoms with van der Waals surface area (Å²) in [5.74, 6) is -1.46. The molecule has 0 saturated carbocycles. The van der Waals surface area contributed by atoms with Gasteiger partial charge in [-0.25, -0.2) is 9.78 Å². The Morgan fingerprint density at radius 1 is 1.45 bits per heavy atom. The zero-order chi connectivity index (χ0) is 14.9. The molecule has 2 N–H and O–H groups in total. The number of carboxylic acid groups (broad SMARTS) is 1. The topological polar surface area (TPSA) is 79.3 Å². The van der Waals surface area contributed by atoms with Crippen LogP contribution in [-0.2, 0) is 0 Å². The number of thiophene rings is 1. The largest absolute Gasteiger partial charge is 0.477 e. The van der Waals surface area contributed by atoms with Crippen molar-refractivity contribution in [3.8, 4) is 0 Å². The first-order valence-corrected chi connectivity index (χ1v) is 7.33. The molecule has 0 spiro atoms. The molecule has 0 radical (unpaired) electrons. The number of hydrogen-bond acceptors (Lipinski definition) is 4. The molecule has 0 aromatic carbocycles. The normalized spacial score (nSPS) is 10.3. The van der Waals surface area contributed by atoms with Crippen molar-refractivity contribution in [3.63, 3.8) is 0 Å². The van der Waals surface area contributed by atoms with Crippen molar-refractivity contribution in [1.82, 2.24) is 4.98 Å². The Labute approximate surface area is 131 Å². The van der Waals surface area contributed by atoms with Crippen molar-refractivity contribution < 1.29 is 14.7 Å². The van der Waals surface area contributed by atoms with Gasteiger partial charge >= 0.3 is 5.97 Å². The van der Waals surface area contributed by atoms with Crippen LogP contribution in [0.3, 0.4) is 0 Å². The second kappa shape index (κ2) is 5.90. The van der Waals surface area contributed by atoms with E-state index in [9.17, 15) is 9.59 Å². The number of carbonyl (C=O) groups is 2. The van der Waals surface area contributed by atoms with Crippen molar-refractivity contribution in [2.75, 3.05) is 5.32 Å². The second-order valence-electron chi connectivity index (χ2n) is 3.87. The van der Waals surface area contributed by atoms with Gasteiger partial charge in [-0.05, 0) is 40.5 Å². The Morgan fingerprint density at radius 2 is 2.15 bits per heavy atom. The first kappa shape index (κ1) is 15.0. The number of hydrogen-bond donors (Lipinski definition) is 2. The molecular weight excluding hydrogens is 368 g/mol. The van der Waals surface area contributed by atoms with E-state index in [4.69, 9.17) is 16.7 Å². The van der Waals surface area contributed by atoms with E-state index in [-0.39, 0.29) is 15.6 Å². The quantitative estimate of drug-likeness (QED) is 0.799. The van der Waals surface area contributed by atoms with Gasteiger partial charge in [0.05, 0.1) is 10.6 Å². The van der Waals surface area contributed by atoms with Gasteiger partial charge in [-0.1, -0.05) is 11.6 Å². The summed E-state index contributed by atoms with van der Waals surface area (Å²) in [5.41, 5.74) is 0.806. The van der Waals surface area contributed by atoms with Crippen LogP contribution in [0, 0.1) is 6.92 Å². The summed E-state index contributed by atoms with van der Waals surface area (Å²) in [6.07, 6.45) is 1.48. The van der Waals surface area contributed by atoms with Crippen molar-refractivity contribution >= 4 is 55.7 Å². The lowest BCUT2D eigenvalue weighted by molar-refractivity contribution is 0.0701. The summed E-state index contributed by atoms with van der Waals surface area (Å²) in [5, 5.41) is 12.1. The molecule has 2 aromatic rings. The average Bonchev–Trinajstić information content (AvgIpc) is 2.73. The number of carboxylic acids is 1. The van der Waals surface area contributed by atoms with Crippen LogP contribution in [0.5, 0.6) is 0 Å². The molecule has 0 aliphatic carbocycles. The number of carbonyl (C=O) groups excluding carboxylic acids is 1. The molecule has 0 saturated heterocycles. The van der Waals surface area contributed by atoms with Crippen LogP contribution in [0.25, 0.3) is 0 Å². The molecule has 0 fully saturated rings. The highest BCUT2D eigenvalue weighted by Crippen LogP contribution is 2.28. The number of nitrogens with one attached hydrogen (secondary N) is 1. The van der Waals surface area contributed by atoms with Crippen molar-refractivity contribution in [1.29, 1.82) is 0 Å². The number of rotatable bonds is 3. The maximum absolute atomic E-state index is 12.1. The molecule has 2 heterocycles. The van der Waals surface area contributed by atoms with Crippen molar-refractivity contribution in [2.45, 2.75) is 6.92 Å². The summed E-state index contributed by atoms with van der Waals surface area (Å²) < 4.78 is 0.626. The third kappa shape index (κ3) is 3.17. The van der Waals surface area contributed by atoms with Gasteiger partial charge in [-0.15, -0.1) is 11.3 Å². The molecule has 0 aliphatic heterocycles. The van der Waals surface area contributed by atoms with E-state index < -0.39 is 11.9 Å². The first-order valence-electron chi connectivity index (χ1n) is 5.34. The Kier molecular flexibility index (Phi) is 4.42. The Balaban J connectivity index is 2.26. The zero-order valence-electron chi connectivity index (χ0n) is 10.1.